The molecule has 126 valence electrons. The largest absolute Gasteiger partial charge is 0.454 e. The van der Waals surface area contributed by atoms with E-state index in [4.69, 9.17) is 9.47 Å². The van der Waals surface area contributed by atoms with E-state index in [-0.39, 0.29) is 12.7 Å². The summed E-state index contributed by atoms with van der Waals surface area (Å²) in [5.74, 6) is 0.922. The first-order valence-corrected chi connectivity index (χ1v) is 8.28. The van der Waals surface area contributed by atoms with Crippen LogP contribution >= 0.6 is 0 Å². The van der Waals surface area contributed by atoms with Gasteiger partial charge in [-0.1, -0.05) is 48.5 Å². The Labute approximate surface area is 149 Å². The summed E-state index contributed by atoms with van der Waals surface area (Å²) in [5.41, 5.74) is 8.18. The van der Waals surface area contributed by atoms with Crippen LogP contribution < -0.4 is 14.9 Å². The fraction of sp³-hybridized carbons (Fsp3) is 0.0476. The molecule has 0 atom stereocenters. The Morgan fingerprint density at radius 1 is 0.808 bits per heavy atom. The predicted octanol–water partition coefficient (Wildman–Crippen LogP) is 3.58. The number of hydrazone groups is 1. The summed E-state index contributed by atoms with van der Waals surface area (Å²) in [5, 5.41) is 4.42. The molecule has 0 radical (unpaired) electrons. The Balaban J connectivity index is 1.48. The highest BCUT2D eigenvalue weighted by molar-refractivity contribution is 6.24. The number of benzene rings is 3. The molecule has 3 aromatic rings. The summed E-state index contributed by atoms with van der Waals surface area (Å²) in [6.07, 6.45) is 0. The molecule has 26 heavy (non-hydrogen) atoms. The minimum atomic E-state index is -0.294. The molecule has 0 fully saturated rings. The van der Waals surface area contributed by atoms with E-state index in [1.807, 2.05) is 36.4 Å². The van der Waals surface area contributed by atoms with Gasteiger partial charge in [0.05, 0.1) is 5.71 Å². The molecule has 1 aliphatic carbocycles. The van der Waals surface area contributed by atoms with E-state index in [9.17, 15) is 4.79 Å². The molecule has 2 aliphatic rings. The van der Waals surface area contributed by atoms with E-state index >= 15 is 0 Å². The standard InChI is InChI=1S/C21H14N2O3/c24-21(13-9-10-18-19(11-13)26-12-25-18)23-22-20-16-7-3-1-5-14(16)15-6-2-4-8-17(15)20/h1-11H,12H2,(H,23,24). The van der Waals surface area contributed by atoms with Crippen LogP contribution in [0.25, 0.3) is 11.1 Å². The molecule has 0 aromatic heterocycles. The average molecular weight is 342 g/mol. The zero-order valence-corrected chi connectivity index (χ0v) is 13.7. The Hall–Kier alpha value is -3.60. The maximum atomic E-state index is 12.5. The highest BCUT2D eigenvalue weighted by Gasteiger charge is 2.24. The monoisotopic (exact) mass is 342 g/mol. The van der Waals surface area contributed by atoms with Crippen LogP contribution in [-0.2, 0) is 0 Å². The van der Waals surface area contributed by atoms with E-state index in [2.05, 4.69) is 22.7 Å². The van der Waals surface area contributed by atoms with Crippen LogP contribution in [0.15, 0.2) is 71.8 Å². The maximum Gasteiger partial charge on any atom is 0.271 e. The van der Waals surface area contributed by atoms with E-state index < -0.39 is 0 Å². The van der Waals surface area contributed by atoms with Gasteiger partial charge in [0.15, 0.2) is 11.5 Å². The minimum absolute atomic E-state index is 0.177. The third-order valence-electron chi connectivity index (χ3n) is 4.56. The first kappa shape index (κ1) is 14.7. The lowest BCUT2D eigenvalue weighted by Crippen LogP contribution is -2.19. The fourth-order valence-corrected chi connectivity index (χ4v) is 3.32. The van der Waals surface area contributed by atoms with Crippen molar-refractivity contribution in [3.05, 3.63) is 83.4 Å². The van der Waals surface area contributed by atoms with E-state index in [0.717, 1.165) is 28.0 Å². The van der Waals surface area contributed by atoms with Crippen LogP contribution in [0.1, 0.15) is 21.5 Å². The number of nitrogens with zero attached hydrogens (tertiary/aromatic N) is 1. The number of amides is 1. The van der Waals surface area contributed by atoms with Crippen molar-refractivity contribution in [1.82, 2.24) is 5.43 Å². The molecular formula is C21H14N2O3. The van der Waals surface area contributed by atoms with Gasteiger partial charge >= 0.3 is 0 Å². The molecule has 0 spiro atoms. The van der Waals surface area contributed by atoms with Gasteiger partial charge in [0, 0.05) is 16.7 Å². The lowest BCUT2D eigenvalue weighted by Gasteiger charge is -2.04. The van der Waals surface area contributed by atoms with Gasteiger partial charge in [0.2, 0.25) is 6.79 Å². The Morgan fingerprint density at radius 2 is 1.42 bits per heavy atom. The molecule has 5 nitrogen and oxygen atoms in total. The molecule has 1 amide bonds. The van der Waals surface area contributed by atoms with Gasteiger partial charge in [-0.05, 0) is 29.3 Å². The number of rotatable bonds is 2. The number of carbonyl (C=O) groups excluding carboxylic acids is 1. The van der Waals surface area contributed by atoms with Crippen LogP contribution in [-0.4, -0.2) is 18.4 Å². The van der Waals surface area contributed by atoms with Gasteiger partial charge in [0.25, 0.3) is 5.91 Å². The highest BCUT2D eigenvalue weighted by Crippen LogP contribution is 2.36. The van der Waals surface area contributed by atoms with Crippen LogP contribution in [0.3, 0.4) is 0 Å². The summed E-state index contributed by atoms with van der Waals surface area (Å²) in [4.78, 5) is 12.5. The van der Waals surface area contributed by atoms with Gasteiger partial charge in [-0.2, -0.15) is 5.10 Å². The van der Waals surface area contributed by atoms with Crippen molar-refractivity contribution in [2.24, 2.45) is 5.10 Å². The number of hydrogen-bond donors (Lipinski definition) is 1. The second-order valence-electron chi connectivity index (χ2n) is 6.06. The molecule has 5 heteroatoms. The fourth-order valence-electron chi connectivity index (χ4n) is 3.32. The van der Waals surface area contributed by atoms with Crippen molar-refractivity contribution >= 4 is 11.6 Å². The smallest absolute Gasteiger partial charge is 0.271 e. The number of fused-ring (bicyclic) bond motifs is 4. The van der Waals surface area contributed by atoms with Crippen molar-refractivity contribution in [2.45, 2.75) is 0 Å². The quantitative estimate of drug-likeness (QED) is 0.567. The zero-order valence-electron chi connectivity index (χ0n) is 13.7. The van der Waals surface area contributed by atoms with E-state index in [1.165, 1.54) is 0 Å². The van der Waals surface area contributed by atoms with Crippen LogP contribution in [0.2, 0.25) is 0 Å². The molecule has 0 unspecified atom stereocenters. The molecule has 1 N–H and O–H groups in total. The number of ether oxygens (including phenoxy) is 2. The molecule has 0 saturated carbocycles. The molecule has 5 rings (SSSR count). The summed E-state index contributed by atoms with van der Waals surface area (Å²) in [7, 11) is 0. The first-order valence-electron chi connectivity index (χ1n) is 8.28. The van der Waals surface area contributed by atoms with Gasteiger partial charge < -0.3 is 9.47 Å². The van der Waals surface area contributed by atoms with E-state index in [1.54, 1.807) is 18.2 Å². The van der Waals surface area contributed by atoms with Gasteiger partial charge in [0.1, 0.15) is 0 Å². The number of hydrogen-bond acceptors (Lipinski definition) is 4. The molecule has 0 saturated heterocycles. The van der Waals surface area contributed by atoms with Crippen molar-refractivity contribution < 1.29 is 14.3 Å². The van der Waals surface area contributed by atoms with Crippen molar-refractivity contribution in [3.63, 3.8) is 0 Å². The second-order valence-corrected chi connectivity index (χ2v) is 6.06. The van der Waals surface area contributed by atoms with Crippen LogP contribution in [0, 0.1) is 0 Å². The summed E-state index contributed by atoms with van der Waals surface area (Å²) in [6.45, 7) is 0.177. The molecular weight excluding hydrogens is 328 g/mol. The number of nitrogens with one attached hydrogen (secondary N) is 1. The Bertz CT molecular complexity index is 1020. The molecule has 1 aliphatic heterocycles. The summed E-state index contributed by atoms with van der Waals surface area (Å²) < 4.78 is 10.6. The highest BCUT2D eigenvalue weighted by atomic mass is 16.7. The van der Waals surface area contributed by atoms with Crippen molar-refractivity contribution in [3.8, 4) is 22.6 Å². The third kappa shape index (κ3) is 2.25. The lowest BCUT2D eigenvalue weighted by atomic mass is 10.1. The van der Waals surface area contributed by atoms with Crippen molar-refractivity contribution in [2.75, 3.05) is 6.79 Å². The topological polar surface area (TPSA) is 59.9 Å². The van der Waals surface area contributed by atoms with Gasteiger partial charge in [-0.3, -0.25) is 4.79 Å². The normalized spacial score (nSPS) is 13.2. The molecule has 1 heterocycles. The number of carbonyl (C=O) groups is 1. The third-order valence-corrected chi connectivity index (χ3v) is 4.56. The molecule has 0 bridgehead atoms. The van der Waals surface area contributed by atoms with E-state index in [0.29, 0.717) is 17.1 Å². The molecule has 3 aromatic carbocycles. The van der Waals surface area contributed by atoms with Crippen molar-refractivity contribution in [1.29, 1.82) is 0 Å². The Kier molecular flexibility index (Phi) is 3.25. The van der Waals surface area contributed by atoms with Gasteiger partial charge in [-0.15, -0.1) is 0 Å². The van der Waals surface area contributed by atoms with Crippen LogP contribution in [0.4, 0.5) is 0 Å². The Morgan fingerprint density at radius 3 is 2.12 bits per heavy atom. The van der Waals surface area contributed by atoms with Crippen LogP contribution in [0.5, 0.6) is 11.5 Å². The minimum Gasteiger partial charge on any atom is -0.454 e. The summed E-state index contributed by atoms with van der Waals surface area (Å²) in [6, 6.07) is 21.2. The average Bonchev–Trinajstić information content (AvgIpc) is 3.28. The maximum absolute atomic E-state index is 12.5. The van der Waals surface area contributed by atoms with Gasteiger partial charge in [-0.25, -0.2) is 5.43 Å². The predicted molar refractivity (Wildman–Crippen MR) is 97.5 cm³/mol. The summed E-state index contributed by atoms with van der Waals surface area (Å²) >= 11 is 0. The lowest BCUT2D eigenvalue weighted by molar-refractivity contribution is 0.0954. The first-order chi connectivity index (χ1) is 12.8. The SMILES string of the molecule is O=C(NN=C1c2ccccc2-c2ccccc21)c1ccc2c(c1)OCO2. The second kappa shape index (κ2) is 5.74. The zero-order chi connectivity index (χ0) is 17.5.